The zero-order valence-corrected chi connectivity index (χ0v) is 17.3. The first-order valence-electron chi connectivity index (χ1n) is 9.98. The van der Waals surface area contributed by atoms with Gasteiger partial charge in [0.1, 0.15) is 16.5 Å². The molecular formula is C21H21ClF3N3O3. The van der Waals surface area contributed by atoms with Crippen LogP contribution in [0.25, 0.3) is 0 Å². The lowest BCUT2D eigenvalue weighted by Crippen LogP contribution is -2.49. The van der Waals surface area contributed by atoms with Crippen LogP contribution in [0.5, 0.6) is 17.4 Å². The second-order valence-electron chi connectivity index (χ2n) is 7.68. The van der Waals surface area contributed by atoms with Crippen molar-refractivity contribution in [1.82, 2.24) is 14.8 Å². The summed E-state index contributed by atoms with van der Waals surface area (Å²) in [5, 5.41) is -0.258. The Morgan fingerprint density at radius 3 is 2.32 bits per heavy atom. The summed E-state index contributed by atoms with van der Waals surface area (Å²) in [6.07, 6.45) is -1.68. The Morgan fingerprint density at radius 1 is 1.10 bits per heavy atom. The van der Waals surface area contributed by atoms with Crippen LogP contribution in [0, 0.1) is 5.92 Å². The second kappa shape index (κ2) is 8.92. The molecule has 2 heterocycles. The highest BCUT2D eigenvalue weighted by molar-refractivity contribution is 6.31. The zero-order chi connectivity index (χ0) is 22.0. The Hall–Kier alpha value is -2.52. The van der Waals surface area contributed by atoms with E-state index in [2.05, 4.69) is 9.88 Å². The highest BCUT2D eigenvalue weighted by Gasteiger charge is 2.32. The normalized spacial score (nSPS) is 17.5. The molecule has 1 saturated heterocycles. The molecule has 10 heteroatoms. The first-order chi connectivity index (χ1) is 14.8. The number of amides is 1. The molecule has 1 aliphatic heterocycles. The van der Waals surface area contributed by atoms with Crippen LogP contribution in [0.4, 0.5) is 18.0 Å². The third-order valence-electron chi connectivity index (χ3n) is 5.22. The summed E-state index contributed by atoms with van der Waals surface area (Å²) >= 11 is 5.85. The predicted molar refractivity (Wildman–Crippen MR) is 108 cm³/mol. The first kappa shape index (κ1) is 21.7. The quantitative estimate of drug-likeness (QED) is 0.630. The molecule has 1 saturated carbocycles. The molecule has 0 atom stereocenters. The highest BCUT2D eigenvalue weighted by atomic mass is 35.5. The average Bonchev–Trinajstić information content (AvgIpc) is 3.54. The van der Waals surface area contributed by atoms with Crippen molar-refractivity contribution in [1.29, 1.82) is 0 Å². The van der Waals surface area contributed by atoms with Gasteiger partial charge < -0.3 is 14.4 Å². The van der Waals surface area contributed by atoms with E-state index in [4.69, 9.17) is 21.1 Å². The topological polar surface area (TPSA) is 54.9 Å². The number of ether oxygens (including phenoxy) is 2. The number of hydrogen-bond donors (Lipinski definition) is 0. The van der Waals surface area contributed by atoms with Crippen molar-refractivity contribution in [3.63, 3.8) is 0 Å². The standard InChI is InChI=1S/C21H21ClF3N3O3/c22-18-11-15(21(23,24)25)12-26-19(18)30-16-3-5-17(6-4-16)31-20(29)28-9-7-27(8-10-28)13-14-1-2-14/h3-6,11-12,14H,1-2,7-10,13H2. The number of piperazine rings is 1. The Morgan fingerprint density at radius 2 is 1.74 bits per heavy atom. The number of rotatable bonds is 5. The van der Waals surface area contributed by atoms with Crippen molar-refractivity contribution in [3.8, 4) is 17.4 Å². The number of nitrogens with zero attached hydrogens (tertiary/aromatic N) is 3. The van der Waals surface area contributed by atoms with Gasteiger partial charge in [-0.1, -0.05) is 11.6 Å². The minimum absolute atomic E-state index is 0.150. The molecule has 1 aromatic carbocycles. The van der Waals surface area contributed by atoms with Gasteiger partial charge in [-0.15, -0.1) is 0 Å². The summed E-state index contributed by atoms with van der Waals surface area (Å²) in [5.74, 6) is 1.31. The van der Waals surface area contributed by atoms with Crippen LogP contribution in [0.1, 0.15) is 18.4 Å². The fourth-order valence-corrected chi connectivity index (χ4v) is 3.49. The molecule has 2 aromatic rings. The van der Waals surface area contributed by atoms with Gasteiger partial charge in [0.15, 0.2) is 0 Å². The van der Waals surface area contributed by atoms with Crippen molar-refractivity contribution < 1.29 is 27.4 Å². The molecule has 2 aliphatic rings. The molecule has 4 rings (SSSR count). The average molecular weight is 456 g/mol. The predicted octanol–water partition coefficient (Wildman–Crippen LogP) is 5.07. The van der Waals surface area contributed by atoms with Crippen LogP contribution in [-0.4, -0.2) is 53.6 Å². The molecule has 0 radical (unpaired) electrons. The lowest BCUT2D eigenvalue weighted by atomic mass is 10.3. The van der Waals surface area contributed by atoms with Crippen molar-refractivity contribution >= 4 is 17.7 Å². The van der Waals surface area contributed by atoms with E-state index in [1.165, 1.54) is 37.1 Å². The molecule has 1 aliphatic carbocycles. The van der Waals surface area contributed by atoms with Crippen molar-refractivity contribution in [2.24, 2.45) is 5.92 Å². The number of aromatic nitrogens is 1. The van der Waals surface area contributed by atoms with Gasteiger partial charge in [-0.05, 0) is 49.1 Å². The van der Waals surface area contributed by atoms with Crippen molar-refractivity contribution in [2.75, 3.05) is 32.7 Å². The van der Waals surface area contributed by atoms with Crippen LogP contribution < -0.4 is 9.47 Å². The maximum absolute atomic E-state index is 12.7. The molecule has 1 aromatic heterocycles. The maximum Gasteiger partial charge on any atom is 0.417 e. The molecular weight excluding hydrogens is 435 g/mol. The Labute approximate surface area is 182 Å². The number of pyridine rings is 1. The molecule has 0 N–H and O–H groups in total. The van der Waals surface area contributed by atoms with E-state index >= 15 is 0 Å². The molecule has 0 unspecified atom stereocenters. The van der Waals surface area contributed by atoms with Crippen molar-refractivity contribution in [3.05, 3.63) is 47.1 Å². The molecule has 0 bridgehead atoms. The smallest absolute Gasteiger partial charge is 0.417 e. The molecule has 1 amide bonds. The van der Waals surface area contributed by atoms with Crippen LogP contribution in [-0.2, 0) is 6.18 Å². The number of alkyl halides is 3. The first-order valence-corrected chi connectivity index (χ1v) is 10.4. The number of halogens is 4. The maximum atomic E-state index is 12.7. The molecule has 2 fully saturated rings. The molecule has 6 nitrogen and oxygen atoms in total. The van der Waals surface area contributed by atoms with E-state index < -0.39 is 17.8 Å². The van der Waals surface area contributed by atoms with E-state index in [9.17, 15) is 18.0 Å². The van der Waals surface area contributed by atoms with Gasteiger partial charge in [-0.2, -0.15) is 13.2 Å². The zero-order valence-electron chi connectivity index (χ0n) is 16.6. The van der Waals surface area contributed by atoms with Gasteiger partial charge >= 0.3 is 12.3 Å². The molecule has 31 heavy (non-hydrogen) atoms. The van der Waals surface area contributed by atoms with E-state index in [0.717, 1.165) is 31.6 Å². The summed E-state index contributed by atoms with van der Waals surface area (Å²) in [6, 6.07) is 6.87. The van der Waals surface area contributed by atoms with Gasteiger partial charge in [0.2, 0.25) is 5.88 Å². The SMILES string of the molecule is O=C(Oc1ccc(Oc2ncc(C(F)(F)F)cc2Cl)cc1)N1CCN(CC2CC2)CC1. The van der Waals surface area contributed by atoms with Crippen LogP contribution >= 0.6 is 11.6 Å². The highest BCUT2D eigenvalue weighted by Crippen LogP contribution is 2.35. The molecule has 166 valence electrons. The van der Waals surface area contributed by atoms with Crippen molar-refractivity contribution in [2.45, 2.75) is 19.0 Å². The lowest BCUT2D eigenvalue weighted by Gasteiger charge is -2.34. The van der Waals surface area contributed by atoms with Crippen LogP contribution in [0.3, 0.4) is 0 Å². The fraction of sp³-hybridized carbons (Fsp3) is 0.429. The summed E-state index contributed by atoms with van der Waals surface area (Å²) in [5.41, 5.74) is -0.958. The Balaban J connectivity index is 1.29. The number of carbonyl (C=O) groups is 1. The summed E-state index contributed by atoms with van der Waals surface area (Å²) in [7, 11) is 0. The number of carbonyl (C=O) groups excluding carboxylic acids is 1. The minimum Gasteiger partial charge on any atom is -0.438 e. The summed E-state index contributed by atoms with van der Waals surface area (Å²) < 4.78 is 48.9. The minimum atomic E-state index is -4.54. The van der Waals surface area contributed by atoms with Gasteiger partial charge in [0, 0.05) is 38.9 Å². The van der Waals surface area contributed by atoms with Gasteiger partial charge in [-0.25, -0.2) is 9.78 Å². The Bertz CT molecular complexity index is 928. The largest absolute Gasteiger partial charge is 0.438 e. The van der Waals surface area contributed by atoms with E-state index in [1.807, 2.05) is 0 Å². The van der Waals surface area contributed by atoms with E-state index in [1.54, 1.807) is 4.90 Å². The third-order valence-corrected chi connectivity index (χ3v) is 5.49. The number of benzene rings is 1. The van der Waals surface area contributed by atoms with Crippen LogP contribution in [0.2, 0.25) is 5.02 Å². The van der Waals surface area contributed by atoms with Gasteiger partial charge in [0.25, 0.3) is 0 Å². The van der Waals surface area contributed by atoms with E-state index in [0.29, 0.717) is 30.8 Å². The Kier molecular flexibility index (Phi) is 6.24. The monoisotopic (exact) mass is 455 g/mol. The van der Waals surface area contributed by atoms with Gasteiger partial charge in [0.05, 0.1) is 5.56 Å². The summed E-state index contributed by atoms with van der Waals surface area (Å²) in [4.78, 5) is 20.1. The van der Waals surface area contributed by atoms with Gasteiger partial charge in [-0.3, -0.25) is 4.90 Å². The number of hydrogen-bond acceptors (Lipinski definition) is 5. The second-order valence-corrected chi connectivity index (χ2v) is 8.09. The fourth-order valence-electron chi connectivity index (χ4n) is 3.29. The lowest BCUT2D eigenvalue weighted by molar-refractivity contribution is -0.137. The third kappa shape index (κ3) is 5.80. The molecule has 0 spiro atoms. The van der Waals surface area contributed by atoms with E-state index in [-0.39, 0.29) is 10.9 Å². The van der Waals surface area contributed by atoms with Crippen LogP contribution in [0.15, 0.2) is 36.5 Å². The summed E-state index contributed by atoms with van der Waals surface area (Å²) in [6.45, 7) is 4.07.